The maximum Gasteiger partial charge on any atom is 0.519 e. The molecule has 0 bridgehead atoms. The molecule has 1 amide bonds. The molecule has 0 saturated heterocycles. The van der Waals surface area contributed by atoms with Crippen LogP contribution in [-0.2, 0) is 11.3 Å². The maximum absolute atomic E-state index is 14.4. The first-order valence-corrected chi connectivity index (χ1v) is 13.9. The number of benzene rings is 3. The third-order valence-corrected chi connectivity index (χ3v) is 7.23. The number of nitro groups is 1. The van der Waals surface area contributed by atoms with Crippen LogP contribution >= 0.6 is 0 Å². The standard InChI is InChI=1S/C34H28FN3O8/c1-20-27(26-11-6-23(35)16-29(26)28(20)17-32(39)37-19-21-5-4-12-36-18-21)13-22-14-30(43-2)33(31(15-22)44-3)46-34(40)45-25-9-7-24(8-10-25)38(41)42/h4-16,18H,17,19H2,1-3H3,(H,37,39)/b27-13-. The minimum atomic E-state index is -1.12. The van der Waals surface area contributed by atoms with Crippen molar-refractivity contribution < 1.29 is 37.9 Å². The number of aromatic nitrogens is 1. The number of non-ortho nitro benzene ring substituents is 1. The van der Waals surface area contributed by atoms with E-state index < -0.39 is 16.9 Å². The fourth-order valence-corrected chi connectivity index (χ4v) is 4.99. The van der Waals surface area contributed by atoms with Crippen molar-refractivity contribution in [1.82, 2.24) is 10.3 Å². The molecule has 0 saturated carbocycles. The van der Waals surface area contributed by atoms with Gasteiger partial charge in [0.25, 0.3) is 5.69 Å². The van der Waals surface area contributed by atoms with Crippen LogP contribution in [0.3, 0.4) is 0 Å². The Hall–Kier alpha value is -6.04. The third kappa shape index (κ3) is 7.02. The summed E-state index contributed by atoms with van der Waals surface area (Å²) in [6.45, 7) is 2.18. The summed E-state index contributed by atoms with van der Waals surface area (Å²) in [5.74, 6) is -0.352. The first-order valence-electron chi connectivity index (χ1n) is 13.9. The Balaban J connectivity index is 1.41. The van der Waals surface area contributed by atoms with Crippen LogP contribution in [0.4, 0.5) is 14.9 Å². The summed E-state index contributed by atoms with van der Waals surface area (Å²) < 4.78 is 36.0. The number of halogens is 1. The van der Waals surface area contributed by atoms with Crippen LogP contribution in [0.5, 0.6) is 23.0 Å². The summed E-state index contributed by atoms with van der Waals surface area (Å²) in [7, 11) is 2.78. The highest BCUT2D eigenvalue weighted by molar-refractivity contribution is 6.08. The summed E-state index contributed by atoms with van der Waals surface area (Å²) in [5, 5.41) is 13.8. The highest BCUT2D eigenvalue weighted by Crippen LogP contribution is 2.45. The highest BCUT2D eigenvalue weighted by Gasteiger charge is 2.27. The summed E-state index contributed by atoms with van der Waals surface area (Å²) in [5.41, 5.74) is 4.92. The van der Waals surface area contributed by atoms with E-state index in [1.54, 1.807) is 36.7 Å². The number of allylic oxidation sites excluding steroid dienone is 2. The number of fused-ring (bicyclic) bond motifs is 1. The van der Waals surface area contributed by atoms with Gasteiger partial charge in [0.1, 0.15) is 11.6 Å². The number of nitro benzene ring substituents is 1. The predicted octanol–water partition coefficient (Wildman–Crippen LogP) is 6.76. The number of hydrogen-bond donors (Lipinski definition) is 1. The van der Waals surface area contributed by atoms with E-state index in [1.165, 1.54) is 50.6 Å². The van der Waals surface area contributed by atoms with Crippen LogP contribution in [0, 0.1) is 15.9 Å². The SMILES string of the molecule is COc1cc(/C=C2/C(C)=C(CC(=O)NCc3cccnc3)c3cc(F)ccc32)cc(OC)c1OC(=O)Oc1ccc([N+](=O)[O-])cc1. The molecule has 0 fully saturated rings. The second-order valence-corrected chi connectivity index (χ2v) is 10.1. The van der Waals surface area contributed by atoms with E-state index in [2.05, 4.69) is 10.3 Å². The molecule has 4 aromatic rings. The average Bonchev–Trinajstić information content (AvgIpc) is 3.29. The zero-order valence-electron chi connectivity index (χ0n) is 25.0. The molecule has 3 aromatic carbocycles. The van der Waals surface area contributed by atoms with Gasteiger partial charge in [-0.1, -0.05) is 12.1 Å². The number of nitrogens with zero attached hydrogens (tertiary/aromatic N) is 2. The molecule has 0 spiro atoms. The third-order valence-electron chi connectivity index (χ3n) is 7.23. The molecular weight excluding hydrogens is 597 g/mol. The number of methoxy groups -OCH3 is 2. The number of nitrogens with one attached hydrogen (secondary N) is 1. The van der Waals surface area contributed by atoms with E-state index in [0.717, 1.165) is 22.3 Å². The van der Waals surface area contributed by atoms with Gasteiger partial charge in [0.2, 0.25) is 11.7 Å². The lowest BCUT2D eigenvalue weighted by molar-refractivity contribution is -0.384. The van der Waals surface area contributed by atoms with Crippen LogP contribution in [0.15, 0.2) is 84.7 Å². The molecule has 1 aromatic heterocycles. The second-order valence-electron chi connectivity index (χ2n) is 10.1. The molecule has 0 atom stereocenters. The van der Waals surface area contributed by atoms with E-state index >= 15 is 0 Å². The zero-order chi connectivity index (χ0) is 32.8. The molecule has 0 unspecified atom stereocenters. The van der Waals surface area contributed by atoms with E-state index in [4.69, 9.17) is 18.9 Å². The normalized spacial score (nSPS) is 12.8. The van der Waals surface area contributed by atoms with E-state index in [1.807, 2.05) is 19.1 Å². The minimum Gasteiger partial charge on any atom is -0.493 e. The Labute approximate surface area is 263 Å². The molecule has 0 radical (unpaired) electrons. The molecule has 1 aliphatic rings. The number of pyridine rings is 1. The summed E-state index contributed by atoms with van der Waals surface area (Å²) in [6, 6.07) is 16.3. The van der Waals surface area contributed by atoms with Gasteiger partial charge in [-0.3, -0.25) is 19.9 Å². The molecule has 5 rings (SSSR count). The number of ether oxygens (including phenoxy) is 4. The van der Waals surface area contributed by atoms with Crippen molar-refractivity contribution >= 4 is 35.0 Å². The monoisotopic (exact) mass is 625 g/mol. The Morgan fingerprint density at radius 1 is 0.978 bits per heavy atom. The Morgan fingerprint density at radius 3 is 2.33 bits per heavy atom. The second kappa shape index (κ2) is 13.7. The van der Waals surface area contributed by atoms with Crippen LogP contribution in [-0.4, -0.2) is 36.2 Å². The van der Waals surface area contributed by atoms with Gasteiger partial charge >= 0.3 is 6.16 Å². The fraction of sp³-hybridized carbons (Fsp3) is 0.147. The van der Waals surface area contributed by atoms with Gasteiger partial charge in [0, 0.05) is 31.1 Å². The number of carbonyl (C=O) groups is 2. The van der Waals surface area contributed by atoms with Crippen molar-refractivity contribution in [1.29, 1.82) is 0 Å². The number of carbonyl (C=O) groups excluding carboxylic acids is 2. The predicted molar refractivity (Wildman–Crippen MR) is 167 cm³/mol. The van der Waals surface area contributed by atoms with Gasteiger partial charge in [-0.05, 0) is 94.4 Å². The fourth-order valence-electron chi connectivity index (χ4n) is 4.99. The Bertz CT molecular complexity index is 1850. The zero-order valence-corrected chi connectivity index (χ0v) is 25.0. The lowest BCUT2D eigenvalue weighted by atomic mass is 10.00. The van der Waals surface area contributed by atoms with Gasteiger partial charge < -0.3 is 24.3 Å². The highest BCUT2D eigenvalue weighted by atomic mass is 19.1. The lowest BCUT2D eigenvalue weighted by Crippen LogP contribution is -2.22. The smallest absolute Gasteiger partial charge is 0.493 e. The topological polar surface area (TPSA) is 139 Å². The van der Waals surface area contributed by atoms with Crippen LogP contribution in [0.2, 0.25) is 0 Å². The Morgan fingerprint density at radius 2 is 1.70 bits per heavy atom. The average molecular weight is 626 g/mol. The minimum absolute atomic E-state index is 0.0371. The number of hydrogen-bond acceptors (Lipinski definition) is 9. The molecule has 0 aliphatic heterocycles. The van der Waals surface area contributed by atoms with Crippen molar-refractivity contribution in [2.45, 2.75) is 19.9 Å². The molecular formula is C34H28FN3O8. The molecule has 234 valence electrons. The van der Waals surface area contributed by atoms with E-state index in [0.29, 0.717) is 23.2 Å². The lowest BCUT2D eigenvalue weighted by Gasteiger charge is -2.14. The molecule has 1 aliphatic carbocycles. The molecule has 46 heavy (non-hydrogen) atoms. The molecule has 12 heteroatoms. The first-order chi connectivity index (χ1) is 22.2. The van der Waals surface area contributed by atoms with E-state index in [-0.39, 0.29) is 41.0 Å². The quantitative estimate of drug-likeness (QED) is 0.0876. The number of rotatable bonds is 10. The van der Waals surface area contributed by atoms with Crippen molar-refractivity contribution in [3.05, 3.63) is 123 Å². The van der Waals surface area contributed by atoms with Gasteiger partial charge in [0.05, 0.1) is 25.6 Å². The van der Waals surface area contributed by atoms with Crippen LogP contribution in [0.25, 0.3) is 17.2 Å². The van der Waals surface area contributed by atoms with Crippen molar-refractivity contribution in [2.75, 3.05) is 14.2 Å². The van der Waals surface area contributed by atoms with Crippen LogP contribution < -0.4 is 24.3 Å². The summed E-state index contributed by atoms with van der Waals surface area (Å²) >= 11 is 0. The van der Waals surface area contributed by atoms with Crippen LogP contribution in [0.1, 0.15) is 35.6 Å². The largest absolute Gasteiger partial charge is 0.519 e. The van der Waals surface area contributed by atoms with Crippen molar-refractivity contribution in [2.24, 2.45) is 0 Å². The Kier molecular flexibility index (Phi) is 9.36. The van der Waals surface area contributed by atoms with Crippen molar-refractivity contribution in [3.63, 3.8) is 0 Å². The summed E-state index contributed by atoms with van der Waals surface area (Å²) in [4.78, 5) is 39.9. The molecule has 1 heterocycles. The van der Waals surface area contributed by atoms with Crippen molar-refractivity contribution in [3.8, 4) is 23.0 Å². The van der Waals surface area contributed by atoms with Gasteiger partial charge in [-0.15, -0.1) is 0 Å². The summed E-state index contributed by atoms with van der Waals surface area (Å²) in [6.07, 6.45) is 4.09. The first kappa shape index (κ1) is 31.4. The van der Waals surface area contributed by atoms with Gasteiger partial charge in [-0.25, -0.2) is 9.18 Å². The number of amides is 1. The van der Waals surface area contributed by atoms with Gasteiger partial charge in [0.15, 0.2) is 11.5 Å². The molecule has 1 N–H and O–H groups in total. The maximum atomic E-state index is 14.4. The van der Waals surface area contributed by atoms with E-state index in [9.17, 15) is 24.1 Å². The molecule has 11 nitrogen and oxygen atoms in total. The van der Waals surface area contributed by atoms with Gasteiger partial charge in [-0.2, -0.15) is 0 Å².